The zero-order chi connectivity index (χ0) is 22.6. The summed E-state index contributed by atoms with van der Waals surface area (Å²) in [7, 11) is 0. The van der Waals surface area contributed by atoms with Gasteiger partial charge in [-0.15, -0.1) is 22.0 Å². The molecule has 3 aromatic rings. The summed E-state index contributed by atoms with van der Waals surface area (Å²) < 4.78 is 44.0. The van der Waals surface area contributed by atoms with E-state index >= 15 is 0 Å². The Bertz CT molecular complexity index is 1040. The van der Waals surface area contributed by atoms with Crippen molar-refractivity contribution in [2.75, 3.05) is 18.8 Å². The fourth-order valence-electron chi connectivity index (χ4n) is 3.65. The summed E-state index contributed by atoms with van der Waals surface area (Å²) in [6.07, 6.45) is -2.29. The molecular weight excluding hydrogens is 439 g/mol. The summed E-state index contributed by atoms with van der Waals surface area (Å²) in [5.41, 5.74) is -0.300. The van der Waals surface area contributed by atoms with Gasteiger partial charge >= 0.3 is 6.18 Å². The van der Waals surface area contributed by atoms with Gasteiger partial charge in [-0.05, 0) is 49.2 Å². The first-order valence-electron chi connectivity index (χ1n) is 10.4. The van der Waals surface area contributed by atoms with Crippen LogP contribution in [-0.2, 0) is 11.0 Å². The number of hydrogen-bond acceptors (Lipinski definition) is 5. The Hall–Kier alpha value is -2.81. The summed E-state index contributed by atoms with van der Waals surface area (Å²) in [4.78, 5) is 15.6. The van der Waals surface area contributed by atoms with Gasteiger partial charge in [0, 0.05) is 35.7 Å². The van der Waals surface area contributed by atoms with Crippen molar-refractivity contribution in [3.8, 4) is 11.5 Å². The minimum atomic E-state index is -4.39. The number of benzene rings is 2. The predicted molar refractivity (Wildman–Crippen MR) is 115 cm³/mol. The topological polar surface area (TPSA) is 59.2 Å². The lowest BCUT2D eigenvalue weighted by Gasteiger charge is -2.31. The SMILES string of the molecule is O=C(CCSc1ccccc1)N1CCCC(c2nnc(-c3ccc(C(F)(F)F)cc3)o2)C1. The van der Waals surface area contributed by atoms with E-state index in [1.807, 2.05) is 35.2 Å². The monoisotopic (exact) mass is 461 g/mol. The first-order chi connectivity index (χ1) is 15.4. The lowest BCUT2D eigenvalue weighted by atomic mass is 9.98. The van der Waals surface area contributed by atoms with E-state index in [1.54, 1.807) is 11.8 Å². The molecule has 1 saturated heterocycles. The molecule has 1 fully saturated rings. The van der Waals surface area contributed by atoms with Crippen molar-refractivity contribution in [1.29, 1.82) is 0 Å². The number of carbonyl (C=O) groups is 1. The second kappa shape index (κ2) is 9.77. The molecule has 0 bridgehead atoms. The highest BCUT2D eigenvalue weighted by Gasteiger charge is 2.31. The van der Waals surface area contributed by atoms with Crippen molar-refractivity contribution in [1.82, 2.24) is 15.1 Å². The third kappa shape index (κ3) is 5.51. The summed E-state index contributed by atoms with van der Waals surface area (Å²) >= 11 is 1.65. The van der Waals surface area contributed by atoms with E-state index in [2.05, 4.69) is 10.2 Å². The Morgan fingerprint density at radius 2 is 1.84 bits per heavy atom. The van der Waals surface area contributed by atoms with Gasteiger partial charge in [0.15, 0.2) is 0 Å². The van der Waals surface area contributed by atoms with E-state index in [9.17, 15) is 18.0 Å². The van der Waals surface area contributed by atoms with Gasteiger partial charge in [-0.3, -0.25) is 4.79 Å². The molecule has 0 aliphatic carbocycles. The van der Waals surface area contributed by atoms with E-state index in [0.29, 0.717) is 36.7 Å². The largest absolute Gasteiger partial charge is 0.420 e. The van der Waals surface area contributed by atoms with Crippen LogP contribution in [0.1, 0.15) is 36.6 Å². The van der Waals surface area contributed by atoms with E-state index in [0.717, 1.165) is 29.9 Å². The first-order valence-corrected chi connectivity index (χ1v) is 11.4. The highest BCUT2D eigenvalue weighted by Crippen LogP contribution is 2.32. The minimum Gasteiger partial charge on any atom is -0.420 e. The summed E-state index contributed by atoms with van der Waals surface area (Å²) in [6.45, 7) is 1.20. The highest BCUT2D eigenvalue weighted by molar-refractivity contribution is 7.99. The van der Waals surface area contributed by atoms with Gasteiger partial charge in [-0.2, -0.15) is 13.2 Å². The van der Waals surface area contributed by atoms with Crippen LogP contribution in [0.2, 0.25) is 0 Å². The molecule has 0 spiro atoms. The lowest BCUT2D eigenvalue weighted by Crippen LogP contribution is -2.39. The maximum atomic E-state index is 12.8. The molecule has 5 nitrogen and oxygen atoms in total. The first kappa shape index (κ1) is 22.4. The van der Waals surface area contributed by atoms with Crippen LogP contribution in [0.4, 0.5) is 13.2 Å². The molecule has 1 atom stereocenters. The van der Waals surface area contributed by atoms with Crippen molar-refractivity contribution in [3.05, 3.63) is 66.1 Å². The normalized spacial score (nSPS) is 16.8. The fourth-order valence-corrected chi connectivity index (χ4v) is 4.52. The molecule has 1 unspecified atom stereocenters. The molecule has 1 aliphatic heterocycles. The number of thioether (sulfide) groups is 1. The van der Waals surface area contributed by atoms with Crippen molar-refractivity contribution < 1.29 is 22.4 Å². The Balaban J connectivity index is 1.34. The Morgan fingerprint density at radius 3 is 2.56 bits per heavy atom. The van der Waals surface area contributed by atoms with Crippen LogP contribution in [0.5, 0.6) is 0 Å². The third-order valence-electron chi connectivity index (χ3n) is 5.35. The number of amides is 1. The molecule has 1 aromatic heterocycles. The molecule has 0 radical (unpaired) electrons. The summed E-state index contributed by atoms with van der Waals surface area (Å²) in [5.74, 6) is 1.32. The number of aromatic nitrogens is 2. The van der Waals surface area contributed by atoms with Gasteiger partial charge < -0.3 is 9.32 Å². The minimum absolute atomic E-state index is 0.0785. The van der Waals surface area contributed by atoms with Gasteiger partial charge in [-0.25, -0.2) is 0 Å². The molecule has 9 heteroatoms. The Kier molecular flexibility index (Phi) is 6.83. The van der Waals surface area contributed by atoms with E-state index < -0.39 is 11.7 Å². The molecule has 2 heterocycles. The zero-order valence-corrected chi connectivity index (χ0v) is 18.0. The number of alkyl halides is 3. The van der Waals surface area contributed by atoms with Crippen molar-refractivity contribution in [3.63, 3.8) is 0 Å². The molecule has 2 aromatic carbocycles. The van der Waals surface area contributed by atoms with Crippen LogP contribution in [0.25, 0.3) is 11.5 Å². The van der Waals surface area contributed by atoms with Crippen LogP contribution >= 0.6 is 11.8 Å². The second-order valence-corrected chi connectivity index (χ2v) is 8.78. The van der Waals surface area contributed by atoms with Crippen molar-refractivity contribution in [2.45, 2.75) is 36.3 Å². The summed E-state index contributed by atoms with van der Waals surface area (Å²) in [6, 6.07) is 14.6. The van der Waals surface area contributed by atoms with Crippen LogP contribution < -0.4 is 0 Å². The van der Waals surface area contributed by atoms with Crippen molar-refractivity contribution in [2.24, 2.45) is 0 Å². The van der Waals surface area contributed by atoms with Gasteiger partial charge in [0.1, 0.15) is 0 Å². The Labute approximate surface area is 188 Å². The van der Waals surface area contributed by atoms with Crippen LogP contribution in [0.3, 0.4) is 0 Å². The van der Waals surface area contributed by atoms with Gasteiger partial charge in [-0.1, -0.05) is 18.2 Å². The molecule has 32 heavy (non-hydrogen) atoms. The molecule has 1 aliphatic rings. The molecule has 0 N–H and O–H groups in total. The summed E-state index contributed by atoms with van der Waals surface area (Å²) in [5, 5.41) is 8.10. The van der Waals surface area contributed by atoms with E-state index in [4.69, 9.17) is 4.42 Å². The fraction of sp³-hybridized carbons (Fsp3) is 0.348. The van der Waals surface area contributed by atoms with Crippen molar-refractivity contribution >= 4 is 17.7 Å². The predicted octanol–water partition coefficient (Wildman–Crippen LogP) is 5.64. The highest BCUT2D eigenvalue weighted by atomic mass is 32.2. The molecule has 1 amide bonds. The van der Waals surface area contributed by atoms with Gasteiger partial charge in [0.25, 0.3) is 0 Å². The van der Waals surface area contributed by atoms with Crippen LogP contribution in [-0.4, -0.2) is 39.8 Å². The average molecular weight is 462 g/mol. The molecule has 0 saturated carbocycles. The number of nitrogens with zero attached hydrogens (tertiary/aromatic N) is 3. The number of halogens is 3. The molecule has 168 valence electrons. The maximum Gasteiger partial charge on any atom is 0.416 e. The number of carbonyl (C=O) groups excluding carboxylic acids is 1. The van der Waals surface area contributed by atoms with Crippen LogP contribution in [0, 0.1) is 0 Å². The third-order valence-corrected chi connectivity index (χ3v) is 6.36. The quantitative estimate of drug-likeness (QED) is 0.445. The second-order valence-electron chi connectivity index (χ2n) is 7.61. The number of rotatable bonds is 6. The molecule has 4 rings (SSSR count). The maximum absolute atomic E-state index is 12.8. The molecular formula is C23H22F3N3O2S. The Morgan fingerprint density at radius 1 is 1.09 bits per heavy atom. The van der Waals surface area contributed by atoms with Gasteiger partial charge in [0.2, 0.25) is 17.7 Å². The number of likely N-dealkylation sites (tertiary alicyclic amines) is 1. The smallest absolute Gasteiger partial charge is 0.416 e. The van der Waals surface area contributed by atoms with Crippen LogP contribution in [0.15, 0.2) is 63.9 Å². The number of hydrogen-bond donors (Lipinski definition) is 0. The van der Waals surface area contributed by atoms with E-state index in [1.165, 1.54) is 12.1 Å². The standard InChI is InChI=1S/C23H22F3N3O2S/c24-23(25,26)18-10-8-16(9-11-18)21-27-28-22(31-21)17-5-4-13-29(15-17)20(30)12-14-32-19-6-2-1-3-7-19/h1-3,6-11,17H,4-5,12-15H2. The van der Waals surface area contributed by atoms with E-state index in [-0.39, 0.29) is 17.7 Å². The average Bonchev–Trinajstić information content (AvgIpc) is 3.30. The van der Waals surface area contributed by atoms with Gasteiger partial charge in [0.05, 0.1) is 11.5 Å². The lowest BCUT2D eigenvalue weighted by molar-refractivity contribution is -0.137. The zero-order valence-electron chi connectivity index (χ0n) is 17.2. The number of piperidine rings is 1.